The van der Waals surface area contributed by atoms with E-state index in [0.29, 0.717) is 6.54 Å². The van der Waals surface area contributed by atoms with Crippen LogP contribution in [0.25, 0.3) is 11.3 Å². The van der Waals surface area contributed by atoms with Crippen molar-refractivity contribution in [2.45, 2.75) is 12.9 Å². The Kier molecular flexibility index (Phi) is 3.75. The van der Waals surface area contributed by atoms with Gasteiger partial charge in [-0.15, -0.1) is 13.2 Å². The highest BCUT2D eigenvalue weighted by atomic mass is 19.4. The fourth-order valence-electron chi connectivity index (χ4n) is 1.71. The fourth-order valence-corrected chi connectivity index (χ4v) is 1.71. The number of aromatic nitrogens is 2. The van der Waals surface area contributed by atoms with Crippen LogP contribution in [0.4, 0.5) is 13.2 Å². The van der Waals surface area contributed by atoms with Gasteiger partial charge in [0.25, 0.3) is 0 Å². The van der Waals surface area contributed by atoms with Crippen molar-refractivity contribution in [1.29, 1.82) is 0 Å². The maximum atomic E-state index is 12.0. The number of hydrogen-bond donors (Lipinski definition) is 2. The Balaban J connectivity index is 2.20. The summed E-state index contributed by atoms with van der Waals surface area (Å²) >= 11 is 0. The molecular formula is C12H12F3N3O. The zero-order valence-corrected chi connectivity index (χ0v) is 10.1. The third kappa shape index (κ3) is 3.47. The van der Waals surface area contributed by atoms with Gasteiger partial charge in [0, 0.05) is 17.7 Å². The van der Waals surface area contributed by atoms with Gasteiger partial charge in [-0.05, 0) is 31.3 Å². The van der Waals surface area contributed by atoms with Crippen LogP contribution >= 0.6 is 0 Å². The molecule has 1 heterocycles. The molecule has 0 bridgehead atoms. The molecule has 4 nitrogen and oxygen atoms in total. The molecule has 1 aromatic carbocycles. The summed E-state index contributed by atoms with van der Waals surface area (Å²) in [6, 6.07) is 5.64. The number of alkyl halides is 3. The Morgan fingerprint density at radius 3 is 2.53 bits per heavy atom. The first-order chi connectivity index (χ1) is 8.99. The Hall–Kier alpha value is -2.02. The molecular weight excluding hydrogens is 259 g/mol. The smallest absolute Gasteiger partial charge is 0.406 e. The van der Waals surface area contributed by atoms with E-state index in [1.165, 1.54) is 12.1 Å². The molecule has 1 aromatic heterocycles. The van der Waals surface area contributed by atoms with Crippen molar-refractivity contribution in [3.05, 3.63) is 36.0 Å². The largest absolute Gasteiger partial charge is 0.573 e. The van der Waals surface area contributed by atoms with E-state index < -0.39 is 6.36 Å². The Morgan fingerprint density at radius 2 is 1.95 bits per heavy atom. The molecule has 0 aliphatic rings. The second kappa shape index (κ2) is 5.31. The summed E-state index contributed by atoms with van der Waals surface area (Å²) in [5, 5.41) is 9.73. The molecule has 102 valence electrons. The molecule has 0 fully saturated rings. The first-order valence-corrected chi connectivity index (χ1v) is 5.52. The molecule has 2 aromatic rings. The summed E-state index contributed by atoms with van der Waals surface area (Å²) in [6.07, 6.45) is -3.00. The number of ether oxygens (including phenoxy) is 1. The van der Waals surface area contributed by atoms with Crippen molar-refractivity contribution >= 4 is 0 Å². The summed E-state index contributed by atoms with van der Waals surface area (Å²) in [5.74, 6) is -0.245. The lowest BCUT2D eigenvalue weighted by molar-refractivity contribution is -0.274. The van der Waals surface area contributed by atoms with E-state index >= 15 is 0 Å². The van der Waals surface area contributed by atoms with Gasteiger partial charge in [0.15, 0.2) is 0 Å². The molecule has 0 unspecified atom stereocenters. The summed E-state index contributed by atoms with van der Waals surface area (Å²) in [6.45, 7) is 0.618. The van der Waals surface area contributed by atoms with E-state index in [2.05, 4.69) is 20.3 Å². The zero-order chi connectivity index (χ0) is 13.9. The molecule has 0 saturated heterocycles. The minimum Gasteiger partial charge on any atom is -0.406 e. The molecule has 19 heavy (non-hydrogen) atoms. The summed E-state index contributed by atoms with van der Waals surface area (Å²) in [7, 11) is 1.80. The zero-order valence-electron chi connectivity index (χ0n) is 10.1. The third-order valence-electron chi connectivity index (χ3n) is 2.46. The van der Waals surface area contributed by atoms with Crippen LogP contribution in [0.1, 0.15) is 5.56 Å². The van der Waals surface area contributed by atoms with Crippen LogP contribution in [0.3, 0.4) is 0 Å². The number of rotatable bonds is 4. The van der Waals surface area contributed by atoms with Crippen LogP contribution in [0.2, 0.25) is 0 Å². The van der Waals surface area contributed by atoms with Gasteiger partial charge in [-0.25, -0.2) is 0 Å². The average molecular weight is 271 g/mol. The number of aromatic amines is 1. The number of benzene rings is 1. The minimum absolute atomic E-state index is 0.245. The molecule has 2 rings (SSSR count). The predicted molar refractivity (Wildman–Crippen MR) is 63.5 cm³/mol. The van der Waals surface area contributed by atoms with Crippen LogP contribution in [-0.4, -0.2) is 23.6 Å². The van der Waals surface area contributed by atoms with E-state index in [4.69, 9.17) is 0 Å². The molecule has 0 saturated carbocycles. The van der Waals surface area contributed by atoms with Gasteiger partial charge in [-0.1, -0.05) is 0 Å². The lowest BCUT2D eigenvalue weighted by atomic mass is 10.1. The molecule has 0 aliphatic heterocycles. The van der Waals surface area contributed by atoms with Gasteiger partial charge in [0.1, 0.15) is 5.75 Å². The highest BCUT2D eigenvalue weighted by molar-refractivity contribution is 5.63. The Morgan fingerprint density at radius 1 is 1.26 bits per heavy atom. The van der Waals surface area contributed by atoms with E-state index in [9.17, 15) is 13.2 Å². The van der Waals surface area contributed by atoms with Crippen molar-refractivity contribution in [2.75, 3.05) is 7.05 Å². The van der Waals surface area contributed by atoms with Gasteiger partial charge in [-0.2, -0.15) is 5.10 Å². The maximum Gasteiger partial charge on any atom is 0.573 e. The fraction of sp³-hybridized carbons (Fsp3) is 0.250. The topological polar surface area (TPSA) is 49.9 Å². The van der Waals surface area contributed by atoms with Gasteiger partial charge < -0.3 is 10.1 Å². The third-order valence-corrected chi connectivity index (χ3v) is 2.46. The van der Waals surface area contributed by atoms with Crippen molar-refractivity contribution in [1.82, 2.24) is 15.5 Å². The summed E-state index contributed by atoms with van der Waals surface area (Å²) in [5.41, 5.74) is 2.46. The summed E-state index contributed by atoms with van der Waals surface area (Å²) in [4.78, 5) is 0. The molecule has 0 radical (unpaired) electrons. The second-order valence-electron chi connectivity index (χ2n) is 3.87. The number of hydrogen-bond acceptors (Lipinski definition) is 3. The number of H-pyrrole nitrogens is 1. The normalized spacial score (nSPS) is 11.6. The first-order valence-electron chi connectivity index (χ1n) is 5.52. The van der Waals surface area contributed by atoms with Crippen LogP contribution in [0.5, 0.6) is 5.75 Å². The van der Waals surface area contributed by atoms with Crippen LogP contribution in [0.15, 0.2) is 30.5 Å². The predicted octanol–water partition coefficient (Wildman–Crippen LogP) is 2.69. The van der Waals surface area contributed by atoms with Crippen LogP contribution in [-0.2, 0) is 6.54 Å². The number of halogens is 3. The maximum absolute atomic E-state index is 12.0. The molecule has 0 spiro atoms. The van der Waals surface area contributed by atoms with E-state index in [0.717, 1.165) is 16.8 Å². The van der Waals surface area contributed by atoms with Crippen molar-refractivity contribution in [3.63, 3.8) is 0 Å². The monoisotopic (exact) mass is 271 g/mol. The minimum atomic E-state index is -4.67. The van der Waals surface area contributed by atoms with Crippen molar-refractivity contribution in [2.24, 2.45) is 0 Å². The van der Waals surface area contributed by atoms with Crippen LogP contribution < -0.4 is 10.1 Å². The van der Waals surface area contributed by atoms with Gasteiger partial charge in [0.2, 0.25) is 0 Å². The Bertz CT molecular complexity index is 534. The van der Waals surface area contributed by atoms with Gasteiger partial charge in [0.05, 0.1) is 11.9 Å². The van der Waals surface area contributed by atoms with Crippen molar-refractivity contribution < 1.29 is 17.9 Å². The lowest BCUT2D eigenvalue weighted by Gasteiger charge is -2.09. The molecule has 0 aliphatic carbocycles. The van der Waals surface area contributed by atoms with Crippen molar-refractivity contribution in [3.8, 4) is 17.0 Å². The van der Waals surface area contributed by atoms with E-state index in [1.807, 2.05) is 0 Å². The number of nitrogens with zero attached hydrogens (tertiary/aromatic N) is 1. The highest BCUT2D eigenvalue weighted by Gasteiger charge is 2.30. The molecule has 7 heteroatoms. The Labute approximate surface area is 107 Å². The standard InChI is InChI=1S/C12H12F3N3O/c1-16-6-9-7-17-18-11(9)8-2-4-10(5-3-8)19-12(13,14)15/h2-5,7,16H,6H2,1H3,(H,17,18). The quantitative estimate of drug-likeness (QED) is 0.899. The van der Waals surface area contributed by atoms with Gasteiger partial charge >= 0.3 is 6.36 Å². The van der Waals surface area contributed by atoms with E-state index in [1.54, 1.807) is 25.4 Å². The average Bonchev–Trinajstić information content (AvgIpc) is 2.77. The number of nitrogens with one attached hydrogen (secondary N) is 2. The molecule has 2 N–H and O–H groups in total. The summed E-state index contributed by atoms with van der Waals surface area (Å²) < 4.78 is 39.9. The lowest BCUT2D eigenvalue weighted by Crippen LogP contribution is -2.16. The van der Waals surface area contributed by atoms with Crippen LogP contribution in [0, 0.1) is 0 Å². The SMILES string of the molecule is CNCc1cn[nH]c1-c1ccc(OC(F)(F)F)cc1. The van der Waals surface area contributed by atoms with E-state index in [-0.39, 0.29) is 5.75 Å². The highest BCUT2D eigenvalue weighted by Crippen LogP contribution is 2.27. The second-order valence-corrected chi connectivity index (χ2v) is 3.87. The molecule has 0 amide bonds. The van der Waals surface area contributed by atoms with Gasteiger partial charge in [-0.3, -0.25) is 5.10 Å². The first kappa shape index (κ1) is 13.4. The molecule has 0 atom stereocenters.